The zero-order chi connectivity index (χ0) is 10.0. The average Bonchev–Trinajstić information content (AvgIpc) is 2.72. The van der Waals surface area contributed by atoms with E-state index in [4.69, 9.17) is 0 Å². The van der Waals surface area contributed by atoms with E-state index in [1.165, 1.54) is 32.1 Å². The van der Waals surface area contributed by atoms with Gasteiger partial charge in [0, 0.05) is 0 Å². The van der Waals surface area contributed by atoms with Crippen LogP contribution in [0.25, 0.3) is 0 Å². The molecule has 0 aromatic carbocycles. The van der Waals surface area contributed by atoms with Crippen LogP contribution >= 0.6 is 0 Å². The molecule has 1 unspecified atom stereocenters. The van der Waals surface area contributed by atoms with Crippen LogP contribution < -0.4 is 0 Å². The Morgan fingerprint density at radius 2 is 1.14 bits per heavy atom. The molecule has 1 atom stereocenters. The molecule has 0 bridgehead atoms. The monoisotopic (exact) mass is 198 g/mol. The lowest BCUT2D eigenvalue weighted by Gasteiger charge is -2.37. The largest absolute Gasteiger partial charge is 0.244 e. The molecule has 0 aromatic rings. The van der Waals surface area contributed by atoms with Crippen molar-refractivity contribution < 1.29 is 4.39 Å². The van der Waals surface area contributed by atoms with Crippen LogP contribution in [0.5, 0.6) is 0 Å². The highest BCUT2D eigenvalue weighted by molar-refractivity contribution is 4.92. The summed E-state index contributed by atoms with van der Waals surface area (Å²) < 4.78 is 14.7. The molecule has 2 rings (SSSR count). The molecule has 2 saturated carbocycles. The summed E-state index contributed by atoms with van der Waals surface area (Å²) in [6.45, 7) is 1.89. The molecule has 1 heteroatoms. The highest BCUT2D eigenvalue weighted by Crippen LogP contribution is 2.45. The molecule has 0 heterocycles. The lowest BCUT2D eigenvalue weighted by Crippen LogP contribution is -2.38. The third-order valence-electron chi connectivity index (χ3n) is 4.56. The van der Waals surface area contributed by atoms with Crippen molar-refractivity contribution in [2.24, 2.45) is 11.8 Å². The Morgan fingerprint density at radius 3 is 1.57 bits per heavy atom. The van der Waals surface area contributed by atoms with Crippen LogP contribution in [0, 0.1) is 11.8 Å². The summed E-state index contributed by atoms with van der Waals surface area (Å²) in [4.78, 5) is 0. The maximum absolute atomic E-state index is 14.7. The molecule has 0 spiro atoms. The summed E-state index contributed by atoms with van der Waals surface area (Å²) in [5, 5.41) is 0. The molecule has 0 aromatic heterocycles. The SMILES string of the molecule is CC(F)(C1CCCCC1)C1CCCC1. The second kappa shape index (κ2) is 4.20. The van der Waals surface area contributed by atoms with Crippen LogP contribution in [0.3, 0.4) is 0 Å². The average molecular weight is 198 g/mol. The fourth-order valence-electron chi connectivity index (χ4n) is 3.49. The van der Waals surface area contributed by atoms with Gasteiger partial charge in [-0.05, 0) is 44.4 Å². The number of rotatable bonds is 2. The maximum Gasteiger partial charge on any atom is 0.113 e. The van der Waals surface area contributed by atoms with Gasteiger partial charge >= 0.3 is 0 Å². The zero-order valence-electron chi connectivity index (χ0n) is 9.40. The Labute approximate surface area is 87.3 Å². The quantitative estimate of drug-likeness (QED) is 0.613. The maximum atomic E-state index is 14.7. The van der Waals surface area contributed by atoms with Crippen LogP contribution in [0.4, 0.5) is 4.39 Å². The van der Waals surface area contributed by atoms with Crippen LogP contribution in [0.15, 0.2) is 0 Å². The molecule has 0 radical (unpaired) electrons. The van der Waals surface area contributed by atoms with Gasteiger partial charge in [0.15, 0.2) is 0 Å². The van der Waals surface area contributed by atoms with E-state index in [0.717, 1.165) is 25.7 Å². The number of hydrogen-bond donors (Lipinski definition) is 0. The van der Waals surface area contributed by atoms with E-state index in [0.29, 0.717) is 11.8 Å². The zero-order valence-corrected chi connectivity index (χ0v) is 9.40. The van der Waals surface area contributed by atoms with E-state index in [2.05, 4.69) is 0 Å². The van der Waals surface area contributed by atoms with Crippen LogP contribution in [-0.2, 0) is 0 Å². The summed E-state index contributed by atoms with van der Waals surface area (Å²) in [7, 11) is 0. The smallest absolute Gasteiger partial charge is 0.113 e. The van der Waals surface area contributed by atoms with Crippen LogP contribution in [0.2, 0.25) is 0 Å². The summed E-state index contributed by atoms with van der Waals surface area (Å²) in [5.41, 5.74) is -0.850. The molecule has 0 nitrogen and oxygen atoms in total. The van der Waals surface area contributed by atoms with Gasteiger partial charge in [-0.25, -0.2) is 4.39 Å². The van der Waals surface area contributed by atoms with Gasteiger partial charge < -0.3 is 0 Å². The summed E-state index contributed by atoms with van der Waals surface area (Å²) in [6.07, 6.45) is 10.9. The Kier molecular flexibility index (Phi) is 3.14. The normalized spacial score (nSPS) is 30.4. The van der Waals surface area contributed by atoms with E-state index >= 15 is 0 Å². The van der Waals surface area contributed by atoms with Gasteiger partial charge in [-0.15, -0.1) is 0 Å². The Hall–Kier alpha value is -0.0700. The van der Waals surface area contributed by atoms with Crippen LogP contribution in [-0.4, -0.2) is 5.67 Å². The van der Waals surface area contributed by atoms with E-state index < -0.39 is 5.67 Å². The first-order valence-electron chi connectivity index (χ1n) is 6.40. The fraction of sp³-hybridized carbons (Fsp3) is 1.00. The second-order valence-corrected chi connectivity index (χ2v) is 5.47. The van der Waals surface area contributed by atoms with Crippen molar-refractivity contribution in [3.05, 3.63) is 0 Å². The van der Waals surface area contributed by atoms with Crippen molar-refractivity contribution in [2.75, 3.05) is 0 Å². The molecule has 0 aliphatic heterocycles. The molecule has 2 fully saturated rings. The molecule has 14 heavy (non-hydrogen) atoms. The number of halogens is 1. The Bertz CT molecular complexity index is 174. The van der Waals surface area contributed by atoms with Gasteiger partial charge in [0.1, 0.15) is 5.67 Å². The van der Waals surface area contributed by atoms with Crippen molar-refractivity contribution in [1.29, 1.82) is 0 Å². The van der Waals surface area contributed by atoms with Crippen LogP contribution in [0.1, 0.15) is 64.7 Å². The van der Waals surface area contributed by atoms with Crippen molar-refractivity contribution in [3.8, 4) is 0 Å². The molecule has 0 N–H and O–H groups in total. The topological polar surface area (TPSA) is 0 Å². The van der Waals surface area contributed by atoms with Gasteiger partial charge in [-0.2, -0.15) is 0 Å². The minimum atomic E-state index is -0.850. The predicted octanol–water partition coefficient (Wildman–Crippen LogP) is 4.49. The third kappa shape index (κ3) is 1.97. The van der Waals surface area contributed by atoms with Gasteiger partial charge in [-0.1, -0.05) is 32.1 Å². The summed E-state index contributed by atoms with van der Waals surface area (Å²) >= 11 is 0. The molecule has 0 saturated heterocycles. The third-order valence-corrected chi connectivity index (χ3v) is 4.56. The van der Waals surface area contributed by atoms with E-state index in [1.54, 1.807) is 0 Å². The molecule has 0 amide bonds. The number of alkyl halides is 1. The fourth-order valence-corrected chi connectivity index (χ4v) is 3.49. The number of hydrogen-bond acceptors (Lipinski definition) is 0. The first-order valence-corrected chi connectivity index (χ1v) is 6.40. The predicted molar refractivity (Wildman–Crippen MR) is 58.0 cm³/mol. The highest BCUT2D eigenvalue weighted by Gasteiger charge is 2.42. The second-order valence-electron chi connectivity index (χ2n) is 5.47. The van der Waals surface area contributed by atoms with Gasteiger partial charge in [0.05, 0.1) is 0 Å². The van der Waals surface area contributed by atoms with Gasteiger partial charge in [0.2, 0.25) is 0 Å². The molecule has 2 aliphatic rings. The molecule has 2 aliphatic carbocycles. The van der Waals surface area contributed by atoms with E-state index in [9.17, 15) is 4.39 Å². The Balaban J connectivity index is 1.97. The lowest BCUT2D eigenvalue weighted by atomic mass is 9.72. The Morgan fingerprint density at radius 1 is 0.786 bits per heavy atom. The molecular weight excluding hydrogens is 175 g/mol. The van der Waals surface area contributed by atoms with Crippen molar-refractivity contribution >= 4 is 0 Å². The minimum Gasteiger partial charge on any atom is -0.244 e. The van der Waals surface area contributed by atoms with Crippen molar-refractivity contribution in [3.63, 3.8) is 0 Å². The van der Waals surface area contributed by atoms with E-state index in [1.807, 2.05) is 6.92 Å². The van der Waals surface area contributed by atoms with E-state index in [-0.39, 0.29) is 0 Å². The summed E-state index contributed by atoms with van der Waals surface area (Å²) in [6, 6.07) is 0. The highest BCUT2D eigenvalue weighted by atomic mass is 19.1. The summed E-state index contributed by atoms with van der Waals surface area (Å²) in [5.74, 6) is 0.755. The van der Waals surface area contributed by atoms with Crippen molar-refractivity contribution in [2.45, 2.75) is 70.4 Å². The van der Waals surface area contributed by atoms with Gasteiger partial charge in [-0.3, -0.25) is 0 Å². The first-order chi connectivity index (χ1) is 6.71. The minimum absolute atomic E-state index is 0.374. The molecular formula is C13H23F. The first kappa shape index (κ1) is 10.4. The molecule has 82 valence electrons. The lowest BCUT2D eigenvalue weighted by molar-refractivity contribution is 0.0171. The van der Waals surface area contributed by atoms with Gasteiger partial charge in [0.25, 0.3) is 0 Å². The van der Waals surface area contributed by atoms with Crippen molar-refractivity contribution in [1.82, 2.24) is 0 Å². The standard InChI is InChI=1S/C13H23F/c1-13(14,12-9-5-6-10-12)11-7-3-2-4-8-11/h11-12H,2-10H2,1H3.